The van der Waals surface area contributed by atoms with Gasteiger partial charge in [0, 0.05) is 17.9 Å². The highest BCUT2D eigenvalue weighted by atomic mass is 79.9. The molecule has 0 aliphatic carbocycles. The molecule has 0 aliphatic rings. The van der Waals surface area contributed by atoms with Gasteiger partial charge in [-0.2, -0.15) is 5.10 Å². The van der Waals surface area contributed by atoms with Crippen LogP contribution in [-0.2, 0) is 13.5 Å². The molecule has 1 aromatic heterocycles. The molecule has 20 heavy (non-hydrogen) atoms. The van der Waals surface area contributed by atoms with E-state index >= 15 is 0 Å². The number of nitrogens with two attached hydrogens (primary N) is 1. The van der Waals surface area contributed by atoms with E-state index in [4.69, 9.17) is 17.4 Å². The predicted octanol–water partition coefficient (Wildman–Crippen LogP) is 3.20. The minimum Gasteiger partial charge on any atom is -0.271 e. The van der Waals surface area contributed by atoms with E-state index in [0.717, 1.165) is 21.4 Å². The SMILES string of the molecule is Cc1cc(Br)cc(C(Cc2c(Cl)c(C)nn2C)NN)c1. The van der Waals surface area contributed by atoms with Crippen LogP contribution in [0, 0.1) is 13.8 Å². The molecule has 0 radical (unpaired) electrons. The first-order valence-corrected chi connectivity index (χ1v) is 7.50. The number of halogens is 2. The predicted molar refractivity (Wildman–Crippen MR) is 85.6 cm³/mol. The van der Waals surface area contributed by atoms with Crippen molar-refractivity contribution in [3.8, 4) is 0 Å². The Hall–Kier alpha value is -0.880. The van der Waals surface area contributed by atoms with Crippen LogP contribution in [-0.4, -0.2) is 9.78 Å². The van der Waals surface area contributed by atoms with Crippen LogP contribution in [0.4, 0.5) is 0 Å². The first-order valence-electron chi connectivity index (χ1n) is 6.33. The topological polar surface area (TPSA) is 55.9 Å². The lowest BCUT2D eigenvalue weighted by atomic mass is 10.0. The fourth-order valence-corrected chi connectivity index (χ4v) is 3.20. The van der Waals surface area contributed by atoms with Gasteiger partial charge >= 0.3 is 0 Å². The summed E-state index contributed by atoms with van der Waals surface area (Å²) in [4.78, 5) is 0. The maximum atomic E-state index is 6.30. The van der Waals surface area contributed by atoms with E-state index in [1.807, 2.05) is 18.7 Å². The van der Waals surface area contributed by atoms with E-state index in [-0.39, 0.29) is 6.04 Å². The summed E-state index contributed by atoms with van der Waals surface area (Å²) in [5.74, 6) is 5.72. The lowest BCUT2D eigenvalue weighted by Crippen LogP contribution is -2.30. The van der Waals surface area contributed by atoms with E-state index in [9.17, 15) is 0 Å². The van der Waals surface area contributed by atoms with Crippen molar-refractivity contribution >= 4 is 27.5 Å². The Morgan fingerprint density at radius 3 is 2.60 bits per heavy atom. The maximum Gasteiger partial charge on any atom is 0.0847 e. The first-order chi connectivity index (χ1) is 9.42. The molecular formula is C14H18BrClN4. The van der Waals surface area contributed by atoms with Crippen LogP contribution in [0.15, 0.2) is 22.7 Å². The van der Waals surface area contributed by atoms with Gasteiger partial charge < -0.3 is 0 Å². The molecular weight excluding hydrogens is 340 g/mol. The summed E-state index contributed by atoms with van der Waals surface area (Å²) < 4.78 is 2.85. The fraction of sp³-hybridized carbons (Fsp3) is 0.357. The second-order valence-electron chi connectivity index (χ2n) is 4.95. The molecule has 2 rings (SSSR count). The molecule has 4 nitrogen and oxygen atoms in total. The molecule has 1 unspecified atom stereocenters. The van der Waals surface area contributed by atoms with Crippen LogP contribution < -0.4 is 11.3 Å². The molecule has 0 fully saturated rings. The highest BCUT2D eigenvalue weighted by molar-refractivity contribution is 9.10. The molecule has 1 aromatic carbocycles. The summed E-state index contributed by atoms with van der Waals surface area (Å²) in [5.41, 5.74) is 6.98. The minimum absolute atomic E-state index is 0.0153. The van der Waals surface area contributed by atoms with E-state index in [2.05, 4.69) is 51.6 Å². The van der Waals surface area contributed by atoms with E-state index in [0.29, 0.717) is 11.4 Å². The third-order valence-corrected chi connectivity index (χ3v) is 4.28. The number of aryl methyl sites for hydroxylation is 3. The average molecular weight is 358 g/mol. The number of aromatic nitrogens is 2. The van der Waals surface area contributed by atoms with Crippen molar-refractivity contribution in [1.82, 2.24) is 15.2 Å². The normalized spacial score (nSPS) is 12.7. The van der Waals surface area contributed by atoms with Crippen molar-refractivity contribution in [2.75, 3.05) is 0 Å². The Balaban J connectivity index is 2.33. The Kier molecular flexibility index (Phi) is 4.86. The van der Waals surface area contributed by atoms with Gasteiger partial charge in [-0.1, -0.05) is 33.6 Å². The molecule has 0 aliphatic heterocycles. The van der Waals surface area contributed by atoms with Crippen molar-refractivity contribution in [3.63, 3.8) is 0 Å². The molecule has 2 aromatic rings. The molecule has 1 atom stereocenters. The van der Waals surface area contributed by atoms with Gasteiger partial charge in [-0.05, 0) is 37.1 Å². The number of nitrogens with one attached hydrogen (secondary N) is 1. The summed E-state index contributed by atoms with van der Waals surface area (Å²) in [6, 6.07) is 6.23. The van der Waals surface area contributed by atoms with Gasteiger partial charge in [0.05, 0.1) is 22.5 Å². The van der Waals surface area contributed by atoms with E-state index < -0.39 is 0 Å². The van der Waals surface area contributed by atoms with Gasteiger partial charge in [-0.15, -0.1) is 0 Å². The summed E-state index contributed by atoms with van der Waals surface area (Å²) in [7, 11) is 1.90. The Bertz CT molecular complexity index is 604. The quantitative estimate of drug-likeness (QED) is 0.652. The number of hydrogen-bond donors (Lipinski definition) is 2. The van der Waals surface area contributed by atoms with Gasteiger partial charge in [-0.25, -0.2) is 0 Å². The van der Waals surface area contributed by atoms with Crippen LogP contribution in [0.5, 0.6) is 0 Å². The van der Waals surface area contributed by atoms with Gasteiger partial charge in [0.1, 0.15) is 0 Å². The smallest absolute Gasteiger partial charge is 0.0847 e. The standard InChI is InChI=1S/C14H18BrClN4/c1-8-4-10(6-11(15)5-8)12(18-17)7-13-14(16)9(2)19-20(13)3/h4-6,12,18H,7,17H2,1-3H3. The van der Waals surface area contributed by atoms with Crippen LogP contribution in [0.1, 0.15) is 28.6 Å². The molecule has 1 heterocycles. The van der Waals surface area contributed by atoms with Crippen molar-refractivity contribution in [1.29, 1.82) is 0 Å². The third-order valence-electron chi connectivity index (χ3n) is 3.33. The number of hydrogen-bond acceptors (Lipinski definition) is 3. The van der Waals surface area contributed by atoms with Gasteiger partial charge in [0.2, 0.25) is 0 Å². The monoisotopic (exact) mass is 356 g/mol. The first kappa shape index (κ1) is 15.5. The van der Waals surface area contributed by atoms with Crippen molar-refractivity contribution in [2.45, 2.75) is 26.3 Å². The number of nitrogens with zero attached hydrogens (tertiary/aromatic N) is 2. The fourth-order valence-electron chi connectivity index (χ4n) is 2.33. The second-order valence-corrected chi connectivity index (χ2v) is 6.25. The lowest BCUT2D eigenvalue weighted by molar-refractivity contribution is 0.529. The Morgan fingerprint density at radius 1 is 1.40 bits per heavy atom. The third kappa shape index (κ3) is 3.23. The summed E-state index contributed by atoms with van der Waals surface area (Å²) in [6.45, 7) is 3.96. The van der Waals surface area contributed by atoms with Gasteiger partial charge in [-0.3, -0.25) is 16.0 Å². The Morgan fingerprint density at radius 2 is 2.10 bits per heavy atom. The molecule has 108 valence electrons. The van der Waals surface area contributed by atoms with Crippen molar-refractivity contribution < 1.29 is 0 Å². The van der Waals surface area contributed by atoms with Crippen LogP contribution in [0.3, 0.4) is 0 Å². The average Bonchev–Trinajstić information content (AvgIpc) is 2.60. The summed E-state index contributed by atoms with van der Waals surface area (Å²) >= 11 is 9.82. The largest absolute Gasteiger partial charge is 0.271 e. The lowest BCUT2D eigenvalue weighted by Gasteiger charge is -2.18. The maximum absolute atomic E-state index is 6.30. The minimum atomic E-state index is -0.0153. The zero-order valence-electron chi connectivity index (χ0n) is 11.7. The van der Waals surface area contributed by atoms with E-state index in [1.165, 1.54) is 5.56 Å². The zero-order chi connectivity index (χ0) is 14.9. The highest BCUT2D eigenvalue weighted by Crippen LogP contribution is 2.27. The molecule has 0 saturated heterocycles. The molecule has 6 heteroatoms. The Labute approximate surface area is 132 Å². The second kappa shape index (κ2) is 6.26. The van der Waals surface area contributed by atoms with Gasteiger partial charge in [0.25, 0.3) is 0 Å². The van der Waals surface area contributed by atoms with Crippen LogP contribution in [0.2, 0.25) is 5.02 Å². The number of benzene rings is 1. The molecule has 0 spiro atoms. The van der Waals surface area contributed by atoms with E-state index in [1.54, 1.807) is 0 Å². The summed E-state index contributed by atoms with van der Waals surface area (Å²) in [5, 5.41) is 5.04. The van der Waals surface area contributed by atoms with Crippen molar-refractivity contribution in [3.05, 3.63) is 50.2 Å². The highest BCUT2D eigenvalue weighted by Gasteiger charge is 2.18. The van der Waals surface area contributed by atoms with Crippen molar-refractivity contribution in [2.24, 2.45) is 12.9 Å². The molecule has 0 saturated carbocycles. The van der Waals surface area contributed by atoms with Gasteiger partial charge in [0.15, 0.2) is 0 Å². The van der Waals surface area contributed by atoms with Crippen LogP contribution >= 0.6 is 27.5 Å². The zero-order valence-corrected chi connectivity index (χ0v) is 14.1. The van der Waals surface area contributed by atoms with Crippen LogP contribution in [0.25, 0.3) is 0 Å². The molecule has 3 N–H and O–H groups in total. The molecule has 0 bridgehead atoms. The number of rotatable bonds is 4. The number of hydrazine groups is 1. The summed E-state index contributed by atoms with van der Waals surface area (Å²) in [6.07, 6.45) is 0.683. The molecule has 0 amide bonds.